The van der Waals surface area contributed by atoms with Crippen LogP contribution in [0.25, 0.3) is 0 Å². The van der Waals surface area contributed by atoms with E-state index in [1.807, 2.05) is 32.9 Å². The van der Waals surface area contributed by atoms with Gasteiger partial charge in [-0.3, -0.25) is 15.0 Å². The van der Waals surface area contributed by atoms with Crippen molar-refractivity contribution in [3.63, 3.8) is 0 Å². The molecule has 5 nitrogen and oxygen atoms in total. The molecule has 0 spiro atoms. The third kappa shape index (κ3) is 5.10. The first-order chi connectivity index (χ1) is 12.3. The highest BCUT2D eigenvalue weighted by Gasteiger charge is 2.31. The van der Waals surface area contributed by atoms with Crippen molar-refractivity contribution in [3.05, 3.63) is 41.5 Å². The molecule has 0 atom stereocenters. The topological polar surface area (TPSA) is 58.6 Å². The predicted molar refractivity (Wildman–Crippen MR) is 103 cm³/mol. The van der Waals surface area contributed by atoms with E-state index in [1.54, 1.807) is 18.2 Å². The number of benzene rings is 1. The Morgan fingerprint density at radius 2 is 1.77 bits per heavy atom. The maximum atomic E-state index is 13.1. The van der Waals surface area contributed by atoms with Crippen LogP contribution < -0.4 is 10.2 Å². The normalized spacial score (nSPS) is 17.3. The average molecular weight is 358 g/mol. The minimum atomic E-state index is -0.574. The fourth-order valence-corrected chi connectivity index (χ4v) is 3.04. The van der Waals surface area contributed by atoms with Crippen molar-refractivity contribution >= 4 is 11.8 Å². The fraction of sp³-hybridized carbons (Fsp3) is 0.524. The van der Waals surface area contributed by atoms with Crippen molar-refractivity contribution in [3.8, 4) is 5.75 Å². The first kappa shape index (κ1) is 20.0. The number of carbonyl (C=O) groups excluding carboxylic acids is 2. The number of carbonyl (C=O) groups is 2. The van der Waals surface area contributed by atoms with Crippen LogP contribution in [0.15, 0.2) is 35.9 Å². The molecule has 2 rings (SSSR count). The second kappa shape index (κ2) is 8.88. The van der Waals surface area contributed by atoms with Crippen molar-refractivity contribution in [2.24, 2.45) is 0 Å². The molecule has 0 heterocycles. The van der Waals surface area contributed by atoms with Gasteiger partial charge >= 0.3 is 0 Å². The van der Waals surface area contributed by atoms with Crippen LogP contribution in [-0.4, -0.2) is 29.5 Å². The molecule has 0 fully saturated rings. The molecule has 5 heteroatoms. The number of hydrogen-bond acceptors (Lipinski definition) is 3. The highest BCUT2D eigenvalue weighted by atomic mass is 16.5. The van der Waals surface area contributed by atoms with Crippen LogP contribution in [0.3, 0.4) is 0 Å². The third-order valence-corrected chi connectivity index (χ3v) is 4.51. The summed E-state index contributed by atoms with van der Waals surface area (Å²) in [6.45, 7) is 5.69. The monoisotopic (exact) mass is 358 g/mol. The summed E-state index contributed by atoms with van der Waals surface area (Å²) in [7, 11) is 1.53. The number of para-hydroxylation sites is 1. The molecule has 1 aliphatic carbocycles. The molecule has 1 N–H and O–H groups in total. The van der Waals surface area contributed by atoms with E-state index in [4.69, 9.17) is 4.74 Å². The number of allylic oxidation sites excluding steroid dienone is 1. The number of hydrazine groups is 1. The number of nitrogens with one attached hydrogen (secondary N) is 1. The Bertz CT molecular complexity index is 674. The SMILES string of the molecule is COc1ccccc1C(=O)N(NC(=O)/C1=C/CCCCCC1)C(C)(C)C. The lowest BCUT2D eigenvalue weighted by Crippen LogP contribution is -2.56. The molecule has 0 bridgehead atoms. The zero-order chi connectivity index (χ0) is 19.2. The minimum absolute atomic E-state index is 0.190. The summed E-state index contributed by atoms with van der Waals surface area (Å²) in [5, 5.41) is 1.41. The number of ether oxygens (including phenoxy) is 1. The van der Waals surface area contributed by atoms with Gasteiger partial charge in [-0.2, -0.15) is 0 Å². The Balaban J connectivity index is 2.24. The lowest BCUT2D eigenvalue weighted by molar-refractivity contribution is -0.123. The van der Waals surface area contributed by atoms with E-state index >= 15 is 0 Å². The summed E-state index contributed by atoms with van der Waals surface area (Å²) in [6.07, 6.45) is 8.17. The van der Waals surface area contributed by atoms with Crippen molar-refractivity contribution in [2.75, 3.05) is 7.11 Å². The maximum absolute atomic E-state index is 13.1. The van der Waals surface area contributed by atoms with Gasteiger partial charge in [0.05, 0.1) is 18.2 Å². The standard InChI is InChI=1S/C21H30N2O3/c1-21(2,3)23(20(25)17-14-10-11-15-18(17)26-4)22-19(24)16-12-8-6-5-7-9-13-16/h10-12,14-15H,5-9,13H2,1-4H3,(H,22,24)/b16-12+. The van der Waals surface area contributed by atoms with Gasteiger partial charge in [-0.05, 0) is 58.6 Å². The number of nitrogens with zero attached hydrogens (tertiary/aromatic N) is 1. The van der Waals surface area contributed by atoms with Gasteiger partial charge in [-0.1, -0.05) is 31.1 Å². The smallest absolute Gasteiger partial charge is 0.276 e. The highest BCUT2D eigenvalue weighted by Crippen LogP contribution is 2.23. The predicted octanol–water partition coefficient (Wildman–Crippen LogP) is 4.25. The summed E-state index contributed by atoms with van der Waals surface area (Å²) in [5.41, 5.74) is 3.47. The Labute approximate surface area is 156 Å². The maximum Gasteiger partial charge on any atom is 0.276 e. The fourth-order valence-electron chi connectivity index (χ4n) is 3.04. The first-order valence-corrected chi connectivity index (χ1v) is 9.32. The van der Waals surface area contributed by atoms with Crippen molar-refractivity contribution in [1.82, 2.24) is 10.4 Å². The Morgan fingerprint density at radius 3 is 2.46 bits per heavy atom. The Kier molecular flexibility index (Phi) is 6.83. The molecule has 1 aliphatic rings. The molecule has 2 amide bonds. The molecule has 26 heavy (non-hydrogen) atoms. The molecule has 0 aromatic heterocycles. The van der Waals surface area contributed by atoms with E-state index < -0.39 is 5.54 Å². The Morgan fingerprint density at radius 1 is 1.08 bits per heavy atom. The van der Waals surface area contributed by atoms with Crippen molar-refractivity contribution in [1.29, 1.82) is 0 Å². The van der Waals surface area contributed by atoms with Crippen LogP contribution in [0, 0.1) is 0 Å². The lowest BCUT2D eigenvalue weighted by atomic mass is 9.99. The van der Waals surface area contributed by atoms with Gasteiger partial charge in [0.2, 0.25) is 0 Å². The zero-order valence-electron chi connectivity index (χ0n) is 16.3. The van der Waals surface area contributed by atoms with Gasteiger partial charge < -0.3 is 4.74 Å². The van der Waals surface area contributed by atoms with E-state index in [-0.39, 0.29) is 11.8 Å². The third-order valence-electron chi connectivity index (χ3n) is 4.51. The van der Waals surface area contributed by atoms with Crippen LogP contribution in [0.5, 0.6) is 5.75 Å². The molecule has 0 radical (unpaired) electrons. The molecular weight excluding hydrogens is 328 g/mol. The number of hydrogen-bond donors (Lipinski definition) is 1. The summed E-state index contributed by atoms with van der Waals surface area (Å²) in [6, 6.07) is 7.05. The first-order valence-electron chi connectivity index (χ1n) is 9.32. The van der Waals surface area contributed by atoms with Gasteiger partial charge in [0.15, 0.2) is 0 Å². The quantitative estimate of drug-likeness (QED) is 0.822. The van der Waals surface area contributed by atoms with E-state index in [1.165, 1.54) is 18.5 Å². The summed E-state index contributed by atoms with van der Waals surface area (Å²) in [4.78, 5) is 25.9. The van der Waals surface area contributed by atoms with Crippen LogP contribution in [0.4, 0.5) is 0 Å². The molecular formula is C21H30N2O3. The van der Waals surface area contributed by atoms with Crippen molar-refractivity contribution in [2.45, 2.75) is 64.8 Å². The molecule has 0 unspecified atom stereocenters. The van der Waals surface area contributed by atoms with Crippen LogP contribution >= 0.6 is 0 Å². The second-order valence-electron chi connectivity index (χ2n) is 7.63. The molecule has 1 aromatic rings. The van der Waals surface area contributed by atoms with Gasteiger partial charge in [0.1, 0.15) is 5.75 Å². The second-order valence-corrected chi connectivity index (χ2v) is 7.63. The van der Waals surface area contributed by atoms with Crippen molar-refractivity contribution < 1.29 is 14.3 Å². The molecule has 1 aromatic carbocycles. The molecule has 142 valence electrons. The van der Waals surface area contributed by atoms with Gasteiger partial charge in [-0.15, -0.1) is 0 Å². The van der Waals surface area contributed by atoms with E-state index in [0.29, 0.717) is 11.3 Å². The molecule has 0 saturated carbocycles. The van der Waals surface area contributed by atoms with Gasteiger partial charge in [0, 0.05) is 5.57 Å². The number of rotatable bonds is 3. The summed E-state index contributed by atoms with van der Waals surface area (Å²) in [5.74, 6) is 0.0194. The average Bonchev–Trinajstić information content (AvgIpc) is 2.57. The van der Waals surface area contributed by atoms with Crippen LogP contribution in [0.1, 0.15) is 69.7 Å². The van der Waals surface area contributed by atoms with Crippen LogP contribution in [-0.2, 0) is 4.79 Å². The minimum Gasteiger partial charge on any atom is -0.496 e. The number of methoxy groups -OCH3 is 1. The highest BCUT2D eigenvalue weighted by molar-refractivity contribution is 6.00. The van der Waals surface area contributed by atoms with Crippen LogP contribution in [0.2, 0.25) is 0 Å². The summed E-state index contributed by atoms with van der Waals surface area (Å²) < 4.78 is 5.31. The van der Waals surface area contributed by atoms with Gasteiger partial charge in [0.25, 0.3) is 11.8 Å². The summed E-state index contributed by atoms with van der Waals surface area (Å²) >= 11 is 0. The largest absolute Gasteiger partial charge is 0.496 e. The molecule has 0 saturated heterocycles. The van der Waals surface area contributed by atoms with E-state index in [9.17, 15) is 9.59 Å². The molecule has 0 aliphatic heterocycles. The van der Waals surface area contributed by atoms with E-state index in [2.05, 4.69) is 5.43 Å². The number of amides is 2. The Hall–Kier alpha value is -2.30. The lowest BCUT2D eigenvalue weighted by Gasteiger charge is -2.36. The van der Waals surface area contributed by atoms with Gasteiger partial charge in [-0.25, -0.2) is 5.01 Å². The zero-order valence-corrected chi connectivity index (χ0v) is 16.3. The van der Waals surface area contributed by atoms with E-state index in [0.717, 1.165) is 37.7 Å².